The van der Waals surface area contributed by atoms with Crippen molar-refractivity contribution in [1.29, 1.82) is 0 Å². The van der Waals surface area contributed by atoms with Gasteiger partial charge in [-0.1, -0.05) is 0 Å². The molecule has 0 fully saturated rings. The van der Waals surface area contributed by atoms with Crippen LogP contribution in [-0.2, 0) is 0 Å². The Balaban J connectivity index is 1.55. The van der Waals surface area contributed by atoms with Gasteiger partial charge in [-0.25, -0.2) is 14.6 Å². The molecule has 2 N–H and O–H groups in total. The maximum Gasteiger partial charge on any atom is 0.271 e. The third-order valence-electron chi connectivity index (χ3n) is 5.65. The molecule has 11 nitrogen and oxygen atoms in total. The Hall–Kier alpha value is -4.93. The SMILES string of the molecule is CNC(=O)c1cc(C)n(-c2nc(-n3cnc4cc(Nc5ccc(C)nn5)ccc43)ccc2C(C)=O)n1. The van der Waals surface area contributed by atoms with Gasteiger partial charge >= 0.3 is 0 Å². The second-order valence-electron chi connectivity index (χ2n) is 8.26. The number of carbonyl (C=O) groups excluding carboxylic acids is 2. The zero-order valence-electron chi connectivity index (χ0n) is 20.1. The van der Waals surface area contributed by atoms with E-state index in [-0.39, 0.29) is 17.4 Å². The number of amides is 1. The summed E-state index contributed by atoms with van der Waals surface area (Å²) in [7, 11) is 1.54. The smallest absolute Gasteiger partial charge is 0.271 e. The monoisotopic (exact) mass is 481 g/mol. The summed E-state index contributed by atoms with van der Waals surface area (Å²) in [4.78, 5) is 33.7. The van der Waals surface area contributed by atoms with Crippen molar-refractivity contribution in [2.45, 2.75) is 20.8 Å². The van der Waals surface area contributed by atoms with Crippen LogP contribution < -0.4 is 10.6 Å². The average Bonchev–Trinajstić information content (AvgIpc) is 3.47. The maximum absolute atomic E-state index is 12.4. The zero-order chi connectivity index (χ0) is 25.4. The number of carbonyl (C=O) groups is 2. The number of hydrogen-bond acceptors (Lipinski definition) is 8. The lowest BCUT2D eigenvalue weighted by Gasteiger charge is -2.12. The summed E-state index contributed by atoms with van der Waals surface area (Å²) in [6, 6.07) is 14.6. The van der Waals surface area contributed by atoms with Crippen LogP contribution in [0.1, 0.15) is 39.2 Å². The van der Waals surface area contributed by atoms with Crippen molar-refractivity contribution in [1.82, 2.24) is 39.8 Å². The van der Waals surface area contributed by atoms with Crippen LogP contribution in [-0.4, -0.2) is 53.3 Å². The number of rotatable bonds is 6. The molecule has 0 atom stereocenters. The van der Waals surface area contributed by atoms with Crippen molar-refractivity contribution in [3.05, 3.63) is 77.5 Å². The van der Waals surface area contributed by atoms with E-state index in [1.54, 1.807) is 31.5 Å². The Kier molecular flexibility index (Phi) is 5.72. The molecule has 0 radical (unpaired) electrons. The first-order valence-corrected chi connectivity index (χ1v) is 11.2. The minimum atomic E-state index is -0.320. The summed E-state index contributed by atoms with van der Waals surface area (Å²) >= 11 is 0. The largest absolute Gasteiger partial charge is 0.354 e. The molecule has 1 aromatic carbocycles. The van der Waals surface area contributed by atoms with Crippen molar-refractivity contribution in [3.8, 4) is 11.6 Å². The highest BCUT2D eigenvalue weighted by atomic mass is 16.2. The number of ketones is 1. The van der Waals surface area contributed by atoms with Crippen LogP contribution in [0.4, 0.5) is 11.5 Å². The fraction of sp³-hybridized carbons (Fsp3) is 0.160. The summed E-state index contributed by atoms with van der Waals surface area (Å²) in [5.74, 6) is 1.05. The number of pyridine rings is 1. The van der Waals surface area contributed by atoms with Crippen LogP contribution in [0.5, 0.6) is 0 Å². The summed E-state index contributed by atoms with van der Waals surface area (Å²) in [5, 5.41) is 18.4. The van der Waals surface area contributed by atoms with Crippen molar-refractivity contribution in [2.75, 3.05) is 12.4 Å². The molecule has 0 aliphatic rings. The van der Waals surface area contributed by atoms with Gasteiger partial charge in [0.05, 0.1) is 22.3 Å². The molecule has 4 aromatic heterocycles. The highest BCUT2D eigenvalue weighted by Gasteiger charge is 2.19. The van der Waals surface area contributed by atoms with Gasteiger partial charge in [0.25, 0.3) is 5.91 Å². The predicted octanol–water partition coefficient (Wildman–Crippen LogP) is 3.32. The minimum Gasteiger partial charge on any atom is -0.354 e. The Labute approximate surface area is 206 Å². The number of nitrogens with zero attached hydrogens (tertiary/aromatic N) is 7. The van der Waals surface area contributed by atoms with Gasteiger partial charge in [-0.15, -0.1) is 5.10 Å². The van der Waals surface area contributed by atoms with E-state index < -0.39 is 0 Å². The van der Waals surface area contributed by atoms with Crippen molar-refractivity contribution in [3.63, 3.8) is 0 Å². The molecule has 0 saturated heterocycles. The van der Waals surface area contributed by atoms with E-state index in [9.17, 15) is 9.59 Å². The molecule has 5 aromatic rings. The van der Waals surface area contributed by atoms with E-state index in [4.69, 9.17) is 4.98 Å². The number of imidazole rings is 1. The highest BCUT2D eigenvalue weighted by Crippen LogP contribution is 2.24. The third kappa shape index (κ3) is 4.17. The Morgan fingerprint density at radius 1 is 0.972 bits per heavy atom. The number of Topliss-reactive ketones (excluding diaryl/α,β-unsaturated/α-hetero) is 1. The van der Waals surface area contributed by atoms with Gasteiger partial charge in [0, 0.05) is 18.4 Å². The fourth-order valence-corrected chi connectivity index (χ4v) is 3.82. The standard InChI is InChI=1S/C25H23N9O2/c1-14-5-9-22(31-30-14)28-17-6-8-21-19(12-17)27-13-33(21)23-10-7-18(16(3)35)24(29-23)34-15(2)11-20(32-34)25(36)26-4/h5-13H,1-4H3,(H,26,36)(H,28,31). The molecule has 36 heavy (non-hydrogen) atoms. The molecule has 180 valence electrons. The van der Waals surface area contributed by atoms with Gasteiger partial charge in [0.1, 0.15) is 12.1 Å². The third-order valence-corrected chi connectivity index (χ3v) is 5.65. The van der Waals surface area contributed by atoms with Crippen LogP contribution >= 0.6 is 0 Å². The molecule has 11 heteroatoms. The first-order chi connectivity index (χ1) is 17.3. The number of aromatic nitrogens is 7. The van der Waals surface area contributed by atoms with Gasteiger partial charge in [0.2, 0.25) is 0 Å². The number of fused-ring (bicyclic) bond motifs is 1. The lowest BCUT2D eigenvalue weighted by atomic mass is 10.2. The van der Waals surface area contributed by atoms with Gasteiger partial charge in [0.15, 0.2) is 23.1 Å². The zero-order valence-corrected chi connectivity index (χ0v) is 20.1. The molecule has 0 bridgehead atoms. The quantitative estimate of drug-likeness (QED) is 0.353. The number of hydrogen-bond donors (Lipinski definition) is 2. The Bertz CT molecular complexity index is 1620. The molecule has 4 heterocycles. The van der Waals surface area contributed by atoms with Crippen molar-refractivity contribution < 1.29 is 9.59 Å². The average molecular weight is 482 g/mol. The van der Waals surface area contributed by atoms with Crippen LogP contribution in [0.15, 0.2) is 54.9 Å². The van der Waals surface area contributed by atoms with Crippen LogP contribution in [0, 0.1) is 13.8 Å². The molecule has 0 saturated carbocycles. The summed E-state index contributed by atoms with van der Waals surface area (Å²) in [6.45, 7) is 5.15. The molecule has 0 aliphatic carbocycles. The predicted molar refractivity (Wildman–Crippen MR) is 134 cm³/mol. The number of aryl methyl sites for hydroxylation is 2. The van der Waals surface area contributed by atoms with E-state index in [2.05, 4.69) is 30.9 Å². The fourth-order valence-electron chi connectivity index (χ4n) is 3.82. The van der Waals surface area contributed by atoms with Crippen LogP contribution in [0.3, 0.4) is 0 Å². The molecule has 0 aliphatic heterocycles. The summed E-state index contributed by atoms with van der Waals surface area (Å²) in [5.41, 5.74) is 4.54. The highest BCUT2D eigenvalue weighted by molar-refractivity contribution is 5.97. The molecular weight excluding hydrogens is 458 g/mol. The first kappa shape index (κ1) is 22.8. The molecule has 0 spiro atoms. The van der Waals surface area contributed by atoms with E-state index in [0.717, 1.165) is 22.4 Å². The van der Waals surface area contributed by atoms with Gasteiger partial charge in [-0.05, 0) is 69.3 Å². The van der Waals surface area contributed by atoms with Crippen LogP contribution in [0.2, 0.25) is 0 Å². The van der Waals surface area contributed by atoms with Crippen molar-refractivity contribution >= 4 is 34.2 Å². The molecule has 0 unspecified atom stereocenters. The summed E-state index contributed by atoms with van der Waals surface area (Å²) in [6.07, 6.45) is 1.67. The summed E-state index contributed by atoms with van der Waals surface area (Å²) < 4.78 is 3.34. The van der Waals surface area contributed by atoms with Gasteiger partial charge in [-0.2, -0.15) is 10.2 Å². The lowest BCUT2D eigenvalue weighted by molar-refractivity contribution is 0.0957. The van der Waals surface area contributed by atoms with Crippen molar-refractivity contribution in [2.24, 2.45) is 0 Å². The van der Waals surface area contributed by atoms with E-state index in [1.165, 1.54) is 18.7 Å². The second kappa shape index (κ2) is 9.02. The van der Waals surface area contributed by atoms with Gasteiger partial charge in [-0.3, -0.25) is 14.2 Å². The Morgan fingerprint density at radius 3 is 2.53 bits per heavy atom. The van der Waals surface area contributed by atoms with Crippen LogP contribution in [0.25, 0.3) is 22.7 Å². The molecule has 1 amide bonds. The minimum absolute atomic E-state index is 0.161. The molecular formula is C25H23N9O2. The van der Waals surface area contributed by atoms with E-state index in [0.29, 0.717) is 28.7 Å². The van der Waals surface area contributed by atoms with E-state index >= 15 is 0 Å². The topological polar surface area (TPSA) is 133 Å². The van der Waals surface area contributed by atoms with Gasteiger partial charge < -0.3 is 10.6 Å². The number of anilines is 2. The van der Waals surface area contributed by atoms with E-state index in [1.807, 2.05) is 41.8 Å². The molecule has 5 rings (SSSR count). The first-order valence-electron chi connectivity index (χ1n) is 11.2. The number of benzene rings is 1. The second-order valence-corrected chi connectivity index (χ2v) is 8.26. The lowest BCUT2D eigenvalue weighted by Crippen LogP contribution is -2.19. The number of nitrogens with one attached hydrogen (secondary N) is 2. The Morgan fingerprint density at radius 2 is 1.81 bits per heavy atom. The normalized spacial score (nSPS) is 11.0. The maximum atomic E-state index is 12.4.